The summed E-state index contributed by atoms with van der Waals surface area (Å²) in [4.78, 5) is 4.54. The molecule has 0 aliphatic rings. The number of anilines is 1. The zero-order valence-corrected chi connectivity index (χ0v) is 16.6. The van der Waals surface area contributed by atoms with Gasteiger partial charge in [-0.3, -0.25) is 0 Å². The fourth-order valence-electron chi connectivity index (χ4n) is 2.60. The summed E-state index contributed by atoms with van der Waals surface area (Å²) in [6, 6.07) is 12.8. The number of hydrogen-bond acceptors (Lipinski definition) is 4. The Morgan fingerprint density at radius 2 is 1.86 bits per heavy atom. The van der Waals surface area contributed by atoms with Gasteiger partial charge in [-0.05, 0) is 37.6 Å². The maximum Gasteiger partial charge on any atom is 0.214 e. The van der Waals surface area contributed by atoms with Crippen LogP contribution in [0, 0.1) is 25.6 Å². The lowest BCUT2D eigenvalue weighted by Crippen LogP contribution is -1.94. The van der Waals surface area contributed by atoms with Gasteiger partial charge in [-0.2, -0.15) is 9.49 Å². The maximum atomic E-state index is 13.9. The largest absolute Gasteiger partial charge is 0.399 e. The Bertz CT molecular complexity index is 945. The predicted molar refractivity (Wildman–Crippen MR) is 109 cm³/mol. The summed E-state index contributed by atoms with van der Waals surface area (Å²) in [5.41, 5.74) is 4.52. The molecular weight excluding hydrogens is 362 g/mol. The minimum atomic E-state index is -0.329. The number of nitrogens with zero attached hydrogens (tertiary/aromatic N) is 3. The SMILES string of the molecule is CNc1ccccc1-c1ccc(/C=N/OC)c(F)c1.Cc1nn(C)c(F)c1C. The molecular formula is C21H24F2N4O. The number of aryl methyl sites for hydroxylation is 2. The number of hydrogen-bond donors (Lipinski definition) is 1. The van der Waals surface area contributed by atoms with E-state index in [-0.39, 0.29) is 11.8 Å². The van der Waals surface area contributed by atoms with Crippen LogP contribution in [0.5, 0.6) is 0 Å². The van der Waals surface area contributed by atoms with Crippen LogP contribution in [0.1, 0.15) is 16.8 Å². The van der Waals surface area contributed by atoms with Gasteiger partial charge >= 0.3 is 0 Å². The summed E-state index contributed by atoms with van der Waals surface area (Å²) in [5.74, 6) is -0.572. The summed E-state index contributed by atoms with van der Waals surface area (Å²) in [7, 11) is 4.86. The molecule has 1 heterocycles. The van der Waals surface area contributed by atoms with Gasteiger partial charge in [0.15, 0.2) is 0 Å². The van der Waals surface area contributed by atoms with Crippen molar-refractivity contribution in [1.29, 1.82) is 0 Å². The van der Waals surface area contributed by atoms with Crippen molar-refractivity contribution in [2.45, 2.75) is 13.8 Å². The average Bonchev–Trinajstić information content (AvgIpc) is 2.93. The fraction of sp³-hybridized carbons (Fsp3) is 0.238. The van der Waals surface area contributed by atoms with E-state index in [1.807, 2.05) is 37.4 Å². The van der Waals surface area contributed by atoms with Crippen LogP contribution >= 0.6 is 0 Å². The molecule has 3 rings (SSSR count). The van der Waals surface area contributed by atoms with Crippen LogP contribution in [0.3, 0.4) is 0 Å². The van der Waals surface area contributed by atoms with Gasteiger partial charge in [0.1, 0.15) is 12.9 Å². The van der Waals surface area contributed by atoms with E-state index in [4.69, 9.17) is 0 Å². The highest BCUT2D eigenvalue weighted by Crippen LogP contribution is 2.28. The standard InChI is InChI=1S/C15H15FN2O.C6H9FN2/c1-17-15-6-4-3-5-13(15)11-7-8-12(10-18-19-2)14(16)9-11;1-4-5(2)8-9(3)6(4)7/h3-10,17H,1-2H3;1-3H3/b18-10+;. The van der Waals surface area contributed by atoms with E-state index in [2.05, 4.69) is 20.4 Å². The molecule has 1 aromatic heterocycles. The molecule has 7 heteroatoms. The molecule has 0 unspecified atom stereocenters. The van der Waals surface area contributed by atoms with E-state index >= 15 is 0 Å². The van der Waals surface area contributed by atoms with Gasteiger partial charge in [-0.25, -0.2) is 9.07 Å². The first-order valence-corrected chi connectivity index (χ1v) is 8.68. The third-order valence-electron chi connectivity index (χ3n) is 4.24. The Morgan fingerprint density at radius 3 is 2.36 bits per heavy atom. The topological polar surface area (TPSA) is 51.4 Å². The smallest absolute Gasteiger partial charge is 0.214 e. The lowest BCUT2D eigenvalue weighted by atomic mass is 10.0. The van der Waals surface area contributed by atoms with Crippen molar-refractivity contribution in [2.75, 3.05) is 19.5 Å². The molecule has 0 saturated carbocycles. The molecule has 0 spiro atoms. The third kappa shape index (κ3) is 4.94. The zero-order valence-electron chi connectivity index (χ0n) is 16.6. The van der Waals surface area contributed by atoms with Gasteiger partial charge in [-0.15, -0.1) is 0 Å². The van der Waals surface area contributed by atoms with Crippen molar-refractivity contribution in [3.8, 4) is 11.1 Å². The molecule has 0 aliphatic carbocycles. The second kappa shape index (κ2) is 9.64. The molecule has 28 heavy (non-hydrogen) atoms. The molecule has 0 bridgehead atoms. The highest BCUT2D eigenvalue weighted by molar-refractivity contribution is 5.83. The molecule has 0 atom stereocenters. The van der Waals surface area contributed by atoms with Crippen LogP contribution in [0.25, 0.3) is 11.1 Å². The van der Waals surface area contributed by atoms with E-state index < -0.39 is 0 Å². The van der Waals surface area contributed by atoms with Crippen LogP contribution in [0.15, 0.2) is 47.6 Å². The second-order valence-electron chi connectivity index (χ2n) is 6.07. The molecule has 3 aromatic rings. The van der Waals surface area contributed by atoms with Gasteiger partial charge in [0.05, 0.1) is 11.9 Å². The molecule has 0 amide bonds. The molecule has 1 N–H and O–H groups in total. The molecule has 5 nitrogen and oxygen atoms in total. The average molecular weight is 386 g/mol. The van der Waals surface area contributed by atoms with Crippen molar-refractivity contribution < 1.29 is 13.6 Å². The Labute approximate surface area is 163 Å². The normalized spacial score (nSPS) is 10.5. The monoisotopic (exact) mass is 386 g/mol. The van der Waals surface area contributed by atoms with Crippen molar-refractivity contribution in [2.24, 2.45) is 12.2 Å². The Kier molecular flexibility index (Phi) is 7.26. The Balaban J connectivity index is 0.000000261. The molecule has 148 valence electrons. The number of nitrogens with one attached hydrogen (secondary N) is 1. The van der Waals surface area contributed by atoms with Gasteiger partial charge in [0, 0.05) is 36.5 Å². The zero-order chi connectivity index (χ0) is 20.7. The lowest BCUT2D eigenvalue weighted by molar-refractivity contribution is 0.215. The summed E-state index contributed by atoms with van der Waals surface area (Å²) in [5, 5.41) is 10.5. The van der Waals surface area contributed by atoms with Crippen LogP contribution in [-0.4, -0.2) is 30.2 Å². The minimum Gasteiger partial charge on any atom is -0.399 e. The molecule has 0 fully saturated rings. The lowest BCUT2D eigenvalue weighted by Gasteiger charge is -2.09. The Hall–Kier alpha value is -3.22. The van der Waals surface area contributed by atoms with Gasteiger partial charge in [-0.1, -0.05) is 29.4 Å². The number of halogens is 2. The fourth-order valence-corrected chi connectivity index (χ4v) is 2.60. The van der Waals surface area contributed by atoms with E-state index in [0.29, 0.717) is 11.1 Å². The predicted octanol–water partition coefficient (Wildman–Crippen LogP) is 4.69. The Morgan fingerprint density at radius 1 is 1.14 bits per heavy atom. The van der Waals surface area contributed by atoms with Crippen LogP contribution in [-0.2, 0) is 11.9 Å². The summed E-state index contributed by atoms with van der Waals surface area (Å²) in [6.07, 6.45) is 1.35. The first-order valence-electron chi connectivity index (χ1n) is 8.68. The van der Waals surface area contributed by atoms with Crippen molar-refractivity contribution >= 4 is 11.9 Å². The van der Waals surface area contributed by atoms with Gasteiger partial charge in [0.2, 0.25) is 5.95 Å². The van der Waals surface area contributed by atoms with Gasteiger partial charge < -0.3 is 10.2 Å². The molecule has 0 saturated heterocycles. The summed E-state index contributed by atoms with van der Waals surface area (Å²) >= 11 is 0. The van der Waals surface area contributed by atoms with E-state index in [1.54, 1.807) is 27.0 Å². The molecule has 0 radical (unpaired) electrons. The van der Waals surface area contributed by atoms with E-state index in [1.165, 1.54) is 24.1 Å². The number of rotatable bonds is 4. The van der Waals surface area contributed by atoms with E-state index in [9.17, 15) is 8.78 Å². The minimum absolute atomic E-state index is 0.243. The first-order chi connectivity index (χ1) is 13.4. The molecule has 2 aromatic carbocycles. The number of aromatic nitrogens is 2. The summed E-state index contributed by atoms with van der Waals surface area (Å²) in [6.45, 7) is 3.51. The molecule has 0 aliphatic heterocycles. The number of para-hydroxylation sites is 1. The summed E-state index contributed by atoms with van der Waals surface area (Å²) < 4.78 is 27.8. The van der Waals surface area contributed by atoms with Crippen molar-refractivity contribution in [3.05, 3.63) is 71.1 Å². The maximum absolute atomic E-state index is 13.9. The van der Waals surface area contributed by atoms with Crippen LogP contribution < -0.4 is 5.32 Å². The number of benzene rings is 2. The quantitative estimate of drug-likeness (QED) is 0.523. The van der Waals surface area contributed by atoms with Crippen LogP contribution in [0.2, 0.25) is 0 Å². The third-order valence-corrected chi connectivity index (χ3v) is 4.24. The van der Waals surface area contributed by atoms with Crippen LogP contribution in [0.4, 0.5) is 14.5 Å². The number of oxime groups is 1. The van der Waals surface area contributed by atoms with Gasteiger partial charge in [0.25, 0.3) is 0 Å². The van der Waals surface area contributed by atoms with Crippen molar-refractivity contribution in [3.63, 3.8) is 0 Å². The second-order valence-corrected chi connectivity index (χ2v) is 6.07. The van der Waals surface area contributed by atoms with E-state index in [0.717, 1.165) is 22.5 Å². The first kappa shape index (κ1) is 21.1. The highest BCUT2D eigenvalue weighted by Gasteiger charge is 2.07. The van der Waals surface area contributed by atoms with Crippen molar-refractivity contribution in [1.82, 2.24) is 9.78 Å². The highest BCUT2D eigenvalue weighted by atomic mass is 19.1.